The molecule has 120 valence electrons. The molecular weight excluding hydrogens is 266 g/mol. The predicted octanol–water partition coefficient (Wildman–Crippen LogP) is 1.93. The van der Waals surface area contributed by atoms with Gasteiger partial charge in [0.05, 0.1) is 32.0 Å². The summed E-state index contributed by atoms with van der Waals surface area (Å²) in [7, 11) is 0. The van der Waals surface area contributed by atoms with E-state index in [9.17, 15) is 5.11 Å². The summed E-state index contributed by atoms with van der Waals surface area (Å²) in [6.45, 7) is 8.97. The number of benzene rings is 1. The smallest absolute Gasteiger partial charge is 0.0897 e. The second-order valence-electron chi connectivity index (χ2n) is 5.53. The normalized spacial score (nSPS) is 12.8. The predicted molar refractivity (Wildman–Crippen MR) is 85.7 cm³/mol. The number of hydrogen-bond acceptors (Lipinski definition) is 4. The van der Waals surface area contributed by atoms with Gasteiger partial charge in [0, 0.05) is 6.54 Å². The Labute approximate surface area is 128 Å². The van der Waals surface area contributed by atoms with Crippen LogP contribution in [0, 0.1) is 6.92 Å². The van der Waals surface area contributed by atoms with Crippen molar-refractivity contribution >= 4 is 0 Å². The van der Waals surface area contributed by atoms with Gasteiger partial charge in [-0.05, 0) is 44.9 Å². The van der Waals surface area contributed by atoms with Crippen LogP contribution in [0.3, 0.4) is 0 Å². The van der Waals surface area contributed by atoms with E-state index >= 15 is 0 Å². The van der Waals surface area contributed by atoms with E-state index in [-0.39, 0.29) is 6.10 Å². The average Bonchev–Trinajstić information content (AvgIpc) is 2.44. The van der Waals surface area contributed by atoms with Crippen molar-refractivity contribution in [1.29, 1.82) is 0 Å². The van der Waals surface area contributed by atoms with Crippen LogP contribution in [0.5, 0.6) is 0 Å². The maximum Gasteiger partial charge on any atom is 0.0897 e. The van der Waals surface area contributed by atoms with E-state index in [2.05, 4.69) is 36.5 Å². The Morgan fingerprint density at radius 2 is 1.95 bits per heavy atom. The summed E-state index contributed by atoms with van der Waals surface area (Å²) < 4.78 is 10.7. The van der Waals surface area contributed by atoms with E-state index in [1.807, 2.05) is 13.8 Å². The van der Waals surface area contributed by atoms with Crippen molar-refractivity contribution in [1.82, 2.24) is 5.32 Å². The highest BCUT2D eigenvalue weighted by atomic mass is 16.5. The van der Waals surface area contributed by atoms with Gasteiger partial charge in [0.15, 0.2) is 0 Å². The lowest BCUT2D eigenvalue weighted by Crippen LogP contribution is -2.32. The minimum absolute atomic E-state index is 0.224. The number of aliphatic hydroxyl groups excluding tert-OH is 1. The Kier molecular flexibility index (Phi) is 9.26. The Morgan fingerprint density at radius 3 is 2.67 bits per heavy atom. The van der Waals surface area contributed by atoms with Crippen molar-refractivity contribution in [2.24, 2.45) is 0 Å². The summed E-state index contributed by atoms with van der Waals surface area (Å²) in [5.41, 5.74) is 2.66. The quantitative estimate of drug-likeness (QED) is 0.613. The molecule has 0 heterocycles. The lowest BCUT2D eigenvalue weighted by atomic mass is 10.1. The van der Waals surface area contributed by atoms with Crippen molar-refractivity contribution in [3.8, 4) is 0 Å². The average molecular weight is 295 g/mol. The molecule has 1 aromatic rings. The molecule has 0 aromatic heterocycles. The zero-order valence-electron chi connectivity index (χ0n) is 13.5. The molecule has 1 aromatic carbocycles. The van der Waals surface area contributed by atoms with Gasteiger partial charge in [-0.2, -0.15) is 0 Å². The number of aryl methyl sites for hydroxylation is 1. The number of rotatable bonds is 11. The third-order valence-corrected chi connectivity index (χ3v) is 3.20. The number of hydrogen-bond donors (Lipinski definition) is 2. The van der Waals surface area contributed by atoms with Crippen LogP contribution < -0.4 is 5.32 Å². The van der Waals surface area contributed by atoms with Crippen molar-refractivity contribution < 1.29 is 14.6 Å². The molecule has 0 bridgehead atoms. The first kappa shape index (κ1) is 18.1. The van der Waals surface area contributed by atoms with Gasteiger partial charge in [0.1, 0.15) is 0 Å². The third kappa shape index (κ3) is 8.83. The molecule has 0 amide bonds. The minimum atomic E-state index is -0.471. The first-order chi connectivity index (χ1) is 10.1. The fourth-order valence-electron chi connectivity index (χ4n) is 2.00. The molecule has 4 nitrogen and oxygen atoms in total. The Morgan fingerprint density at radius 1 is 1.19 bits per heavy atom. The van der Waals surface area contributed by atoms with Crippen LogP contribution in [0.4, 0.5) is 0 Å². The molecule has 2 N–H and O–H groups in total. The summed E-state index contributed by atoms with van der Waals surface area (Å²) in [6, 6.07) is 8.38. The van der Waals surface area contributed by atoms with E-state index in [4.69, 9.17) is 9.47 Å². The molecule has 0 aliphatic carbocycles. The molecule has 1 rings (SSSR count). The first-order valence-corrected chi connectivity index (χ1v) is 7.72. The summed E-state index contributed by atoms with van der Waals surface area (Å²) in [4.78, 5) is 0. The second-order valence-corrected chi connectivity index (χ2v) is 5.53. The fraction of sp³-hybridized carbons (Fsp3) is 0.647. The molecule has 21 heavy (non-hydrogen) atoms. The largest absolute Gasteiger partial charge is 0.389 e. The number of ether oxygens (including phenoxy) is 2. The van der Waals surface area contributed by atoms with Crippen molar-refractivity contribution in [2.75, 3.05) is 32.9 Å². The van der Waals surface area contributed by atoms with Gasteiger partial charge < -0.3 is 19.9 Å². The van der Waals surface area contributed by atoms with Crippen molar-refractivity contribution in [3.63, 3.8) is 0 Å². The second kappa shape index (κ2) is 10.7. The summed E-state index contributed by atoms with van der Waals surface area (Å²) in [5, 5.41) is 13.0. The Hall–Kier alpha value is -0.940. The zero-order valence-corrected chi connectivity index (χ0v) is 13.5. The highest BCUT2D eigenvalue weighted by molar-refractivity contribution is 5.25. The topological polar surface area (TPSA) is 50.7 Å². The molecule has 0 aliphatic heterocycles. The van der Waals surface area contributed by atoms with E-state index in [1.165, 1.54) is 11.1 Å². The Balaban J connectivity index is 2.01. The summed E-state index contributed by atoms with van der Waals surface area (Å²) in [5.74, 6) is 0. The third-order valence-electron chi connectivity index (χ3n) is 3.20. The molecule has 0 fully saturated rings. The summed E-state index contributed by atoms with van der Waals surface area (Å²) in [6.07, 6.45) is 0.727. The van der Waals surface area contributed by atoms with Gasteiger partial charge in [-0.3, -0.25) is 0 Å². The Bertz CT molecular complexity index is 382. The van der Waals surface area contributed by atoms with E-state index in [0.29, 0.717) is 26.4 Å². The van der Waals surface area contributed by atoms with Gasteiger partial charge >= 0.3 is 0 Å². The standard InChI is InChI=1S/C17H29NO3/c1-14(2)21-11-10-20-13-17(19)12-18-9-8-16-7-5-4-6-15(16)3/h4-7,14,17-19H,8-13H2,1-3H3. The van der Waals surface area contributed by atoms with Crippen LogP contribution in [-0.4, -0.2) is 50.2 Å². The molecule has 0 saturated heterocycles. The molecule has 1 atom stereocenters. The lowest BCUT2D eigenvalue weighted by molar-refractivity contribution is -0.00989. The molecule has 0 saturated carbocycles. The van der Waals surface area contributed by atoms with Crippen LogP contribution in [0.25, 0.3) is 0 Å². The van der Waals surface area contributed by atoms with E-state index < -0.39 is 6.10 Å². The SMILES string of the molecule is Cc1ccccc1CCNCC(O)COCCOC(C)C. The van der Waals surface area contributed by atoms with Gasteiger partial charge in [0.2, 0.25) is 0 Å². The van der Waals surface area contributed by atoms with Gasteiger partial charge in [-0.25, -0.2) is 0 Å². The van der Waals surface area contributed by atoms with Crippen LogP contribution in [0.1, 0.15) is 25.0 Å². The van der Waals surface area contributed by atoms with Gasteiger partial charge in [0.25, 0.3) is 0 Å². The van der Waals surface area contributed by atoms with Gasteiger partial charge in [-0.15, -0.1) is 0 Å². The first-order valence-electron chi connectivity index (χ1n) is 7.72. The lowest BCUT2D eigenvalue weighted by Gasteiger charge is -2.13. The fourth-order valence-corrected chi connectivity index (χ4v) is 2.00. The molecule has 0 aliphatic rings. The maximum absolute atomic E-state index is 9.78. The van der Waals surface area contributed by atoms with Crippen LogP contribution in [0.15, 0.2) is 24.3 Å². The van der Waals surface area contributed by atoms with Crippen molar-refractivity contribution in [2.45, 2.75) is 39.4 Å². The maximum atomic E-state index is 9.78. The van der Waals surface area contributed by atoms with E-state index in [1.54, 1.807) is 0 Å². The van der Waals surface area contributed by atoms with Crippen LogP contribution in [-0.2, 0) is 15.9 Å². The van der Waals surface area contributed by atoms with Gasteiger partial charge in [-0.1, -0.05) is 24.3 Å². The van der Waals surface area contributed by atoms with Crippen LogP contribution >= 0.6 is 0 Å². The zero-order chi connectivity index (χ0) is 15.5. The number of aliphatic hydroxyl groups is 1. The molecule has 0 spiro atoms. The number of nitrogens with one attached hydrogen (secondary N) is 1. The van der Waals surface area contributed by atoms with Crippen LogP contribution in [0.2, 0.25) is 0 Å². The van der Waals surface area contributed by atoms with E-state index in [0.717, 1.165) is 13.0 Å². The molecule has 0 radical (unpaired) electrons. The highest BCUT2D eigenvalue weighted by Crippen LogP contribution is 2.06. The monoisotopic (exact) mass is 295 g/mol. The minimum Gasteiger partial charge on any atom is -0.389 e. The molecule has 1 unspecified atom stereocenters. The van der Waals surface area contributed by atoms with Crippen molar-refractivity contribution in [3.05, 3.63) is 35.4 Å². The molecule has 4 heteroatoms. The molecular formula is C17H29NO3. The highest BCUT2D eigenvalue weighted by Gasteiger charge is 2.04. The summed E-state index contributed by atoms with van der Waals surface area (Å²) >= 11 is 0.